The largest absolute Gasteiger partial charge is 0.369 e. The number of rotatable bonds is 8. The van der Waals surface area contributed by atoms with Crippen LogP contribution in [0.2, 0.25) is 0 Å². The first kappa shape index (κ1) is 24.2. The van der Waals surface area contributed by atoms with Gasteiger partial charge in [-0.2, -0.15) is 4.72 Å². The molecule has 0 unspecified atom stereocenters. The van der Waals surface area contributed by atoms with E-state index in [1.54, 1.807) is 12.3 Å². The number of hydrogen-bond donors (Lipinski definition) is 4. The summed E-state index contributed by atoms with van der Waals surface area (Å²) in [6.45, 7) is 1.11. The summed E-state index contributed by atoms with van der Waals surface area (Å²) in [6.07, 6.45) is 5.57. The number of benzene rings is 1. The number of nitrogens with one attached hydrogen (secondary N) is 3. The Bertz CT molecular complexity index is 1120. The smallest absolute Gasteiger partial charge is 0.241 e. The minimum Gasteiger partial charge on any atom is -0.369 e. The Balaban J connectivity index is 1.86. The molecule has 0 bridgehead atoms. The Kier molecular flexibility index (Phi) is 7.55. The van der Waals surface area contributed by atoms with Crippen molar-refractivity contribution in [1.82, 2.24) is 19.9 Å². The molecule has 2 aromatic rings. The number of likely N-dealkylation sites (N-methyl/N-ethyl adjacent to an activating group) is 1. The summed E-state index contributed by atoms with van der Waals surface area (Å²) >= 11 is 5.36. The zero-order valence-electron chi connectivity index (χ0n) is 18.1. The summed E-state index contributed by atoms with van der Waals surface area (Å²) in [4.78, 5) is 19.1. The van der Waals surface area contributed by atoms with Crippen molar-refractivity contribution >= 4 is 50.1 Å². The van der Waals surface area contributed by atoms with Crippen molar-refractivity contribution in [3.8, 4) is 0 Å². The van der Waals surface area contributed by atoms with Crippen LogP contribution in [0.3, 0.4) is 0 Å². The highest BCUT2D eigenvalue weighted by molar-refractivity contribution is 7.89. The third-order valence-electron chi connectivity index (χ3n) is 5.46. The summed E-state index contributed by atoms with van der Waals surface area (Å²) in [7, 11) is -0.141. The van der Waals surface area contributed by atoms with E-state index in [1.807, 2.05) is 19.0 Å². The molecule has 3 rings (SSSR count). The van der Waals surface area contributed by atoms with Crippen molar-refractivity contribution in [2.24, 2.45) is 10.2 Å². The van der Waals surface area contributed by atoms with Crippen LogP contribution in [0.5, 0.6) is 0 Å². The molecule has 1 amide bonds. The molecule has 0 atom stereocenters. The van der Waals surface area contributed by atoms with Gasteiger partial charge in [0.1, 0.15) is 5.54 Å². The number of pyridine rings is 1. The SMILES string of the molecule is CN(C)CCNC(=O)C1(NS(=O)(=O)c2ccc3c(NC(N)=NCl)cncc3c2)CCCC1. The summed E-state index contributed by atoms with van der Waals surface area (Å²) in [5, 5.41) is 6.96. The highest BCUT2D eigenvalue weighted by Crippen LogP contribution is 2.32. The van der Waals surface area contributed by atoms with Gasteiger partial charge in [0.25, 0.3) is 0 Å². The Morgan fingerprint density at radius 1 is 1.28 bits per heavy atom. The van der Waals surface area contributed by atoms with Crippen molar-refractivity contribution in [2.45, 2.75) is 36.1 Å². The molecule has 1 saturated carbocycles. The van der Waals surface area contributed by atoms with Gasteiger partial charge in [0.2, 0.25) is 21.9 Å². The highest BCUT2D eigenvalue weighted by atomic mass is 35.5. The molecule has 1 aliphatic carbocycles. The number of nitrogens with zero attached hydrogens (tertiary/aromatic N) is 3. The Morgan fingerprint density at radius 2 is 2.00 bits per heavy atom. The summed E-state index contributed by atoms with van der Waals surface area (Å²) in [6, 6.07) is 4.64. The van der Waals surface area contributed by atoms with Gasteiger partial charge in [-0.25, -0.2) is 8.42 Å². The van der Waals surface area contributed by atoms with Crippen molar-refractivity contribution in [1.29, 1.82) is 0 Å². The molecule has 0 spiro atoms. The summed E-state index contributed by atoms with van der Waals surface area (Å²) in [5.41, 5.74) is 5.00. The van der Waals surface area contributed by atoms with E-state index < -0.39 is 15.6 Å². The summed E-state index contributed by atoms with van der Waals surface area (Å²) in [5.74, 6) is -0.298. The molecule has 0 radical (unpaired) electrons. The molecule has 1 aromatic carbocycles. The molecule has 10 nitrogen and oxygen atoms in total. The van der Waals surface area contributed by atoms with Gasteiger partial charge in [-0.1, -0.05) is 18.9 Å². The maximum absolute atomic E-state index is 13.2. The molecule has 1 fully saturated rings. The zero-order valence-corrected chi connectivity index (χ0v) is 19.6. The number of halogens is 1. The summed E-state index contributed by atoms with van der Waals surface area (Å²) < 4.78 is 32.5. The molecule has 1 aromatic heterocycles. The number of fused-ring (bicyclic) bond motifs is 1. The molecule has 1 heterocycles. The number of carbonyl (C=O) groups excluding carboxylic acids is 1. The number of nitrogens with two attached hydrogens (primary N) is 1. The van der Waals surface area contributed by atoms with Crippen molar-refractivity contribution < 1.29 is 13.2 Å². The lowest BCUT2D eigenvalue weighted by atomic mass is 9.98. The van der Waals surface area contributed by atoms with Crippen LogP contribution in [0.25, 0.3) is 10.8 Å². The van der Waals surface area contributed by atoms with E-state index in [9.17, 15) is 13.2 Å². The first-order valence-electron chi connectivity index (χ1n) is 10.2. The average molecular weight is 482 g/mol. The van der Waals surface area contributed by atoms with Gasteiger partial charge >= 0.3 is 0 Å². The normalized spacial score (nSPS) is 16.4. The van der Waals surface area contributed by atoms with E-state index in [0.29, 0.717) is 42.4 Å². The highest BCUT2D eigenvalue weighted by Gasteiger charge is 2.44. The van der Waals surface area contributed by atoms with Gasteiger partial charge in [-0.3, -0.25) is 9.78 Å². The number of sulfonamides is 1. The van der Waals surface area contributed by atoms with Gasteiger partial charge in [-0.05, 0) is 39.1 Å². The number of hydrogen-bond acceptors (Lipinski definition) is 6. The zero-order chi connectivity index (χ0) is 23.4. The van der Waals surface area contributed by atoms with Gasteiger partial charge in [0, 0.05) is 41.8 Å². The molecule has 0 saturated heterocycles. The molecule has 1 aliphatic rings. The predicted octanol–water partition coefficient (Wildman–Crippen LogP) is 1.38. The Hall–Kier alpha value is -2.47. The third-order valence-corrected chi connectivity index (χ3v) is 7.18. The van der Waals surface area contributed by atoms with Gasteiger partial charge < -0.3 is 21.3 Å². The van der Waals surface area contributed by atoms with Crippen LogP contribution >= 0.6 is 11.8 Å². The van der Waals surface area contributed by atoms with E-state index >= 15 is 0 Å². The second-order valence-electron chi connectivity index (χ2n) is 8.12. The lowest BCUT2D eigenvalue weighted by Crippen LogP contribution is -2.57. The average Bonchev–Trinajstić information content (AvgIpc) is 3.22. The monoisotopic (exact) mass is 481 g/mol. The fourth-order valence-corrected chi connectivity index (χ4v) is 5.31. The fraction of sp³-hybridized carbons (Fsp3) is 0.450. The number of carbonyl (C=O) groups is 1. The number of aromatic nitrogens is 1. The van der Waals surface area contributed by atoms with E-state index in [4.69, 9.17) is 17.5 Å². The number of guanidine groups is 1. The van der Waals surface area contributed by atoms with Crippen LogP contribution in [0, 0.1) is 0 Å². The standard InChI is InChI=1S/C20H28ClN7O3S/c1-28(2)10-9-24-18(29)20(7-3-4-8-20)27-32(30,31)15-5-6-16-14(11-15)12-23-13-17(16)25-19(22)26-21/h5-6,11-13,27H,3-4,7-10H2,1-2H3,(H,24,29)(H3,22,25,26). The van der Waals surface area contributed by atoms with Crippen LogP contribution in [-0.2, 0) is 14.8 Å². The van der Waals surface area contributed by atoms with Crippen LogP contribution in [0.15, 0.2) is 40.0 Å². The van der Waals surface area contributed by atoms with E-state index in [-0.39, 0.29) is 16.8 Å². The molecule has 12 heteroatoms. The molecule has 174 valence electrons. The molecule has 0 aliphatic heterocycles. The van der Waals surface area contributed by atoms with E-state index in [2.05, 4.69) is 24.9 Å². The minimum absolute atomic E-state index is 0.0113. The lowest BCUT2D eigenvalue weighted by molar-refractivity contribution is -0.126. The first-order valence-corrected chi connectivity index (χ1v) is 12.1. The van der Waals surface area contributed by atoms with Crippen LogP contribution in [-0.4, -0.2) is 62.9 Å². The van der Waals surface area contributed by atoms with Gasteiger partial charge in [0.05, 0.1) is 16.8 Å². The molecular weight excluding hydrogens is 454 g/mol. The predicted molar refractivity (Wildman–Crippen MR) is 126 cm³/mol. The Labute approximate surface area is 192 Å². The maximum atomic E-state index is 13.2. The van der Waals surface area contributed by atoms with Crippen LogP contribution in [0.1, 0.15) is 25.7 Å². The molecule has 32 heavy (non-hydrogen) atoms. The fourth-order valence-electron chi connectivity index (χ4n) is 3.81. The van der Waals surface area contributed by atoms with E-state index in [0.717, 1.165) is 12.8 Å². The Morgan fingerprint density at radius 3 is 2.66 bits per heavy atom. The van der Waals surface area contributed by atoms with Crippen LogP contribution < -0.4 is 21.1 Å². The quantitative estimate of drug-likeness (QED) is 0.329. The van der Waals surface area contributed by atoms with Crippen molar-refractivity contribution in [3.05, 3.63) is 30.6 Å². The number of anilines is 1. The molecule has 5 N–H and O–H groups in total. The van der Waals surface area contributed by atoms with Crippen molar-refractivity contribution in [2.75, 3.05) is 32.5 Å². The van der Waals surface area contributed by atoms with Gasteiger partial charge in [0.15, 0.2) is 0 Å². The number of amides is 1. The first-order chi connectivity index (χ1) is 15.2. The molecular formula is C20H28ClN7O3S. The maximum Gasteiger partial charge on any atom is 0.241 e. The van der Waals surface area contributed by atoms with Gasteiger partial charge in [-0.15, -0.1) is 4.51 Å². The second kappa shape index (κ2) is 9.99. The second-order valence-corrected chi connectivity index (χ2v) is 9.97. The topological polar surface area (TPSA) is 142 Å². The lowest BCUT2D eigenvalue weighted by Gasteiger charge is -2.29. The van der Waals surface area contributed by atoms with Crippen LogP contribution in [0.4, 0.5) is 5.69 Å². The minimum atomic E-state index is -3.96. The third kappa shape index (κ3) is 5.47. The van der Waals surface area contributed by atoms with E-state index in [1.165, 1.54) is 18.3 Å². The van der Waals surface area contributed by atoms with Crippen molar-refractivity contribution in [3.63, 3.8) is 0 Å².